The molecule has 1 aliphatic rings. The first-order valence-corrected chi connectivity index (χ1v) is 7.58. The fourth-order valence-corrected chi connectivity index (χ4v) is 2.19. The first-order valence-electron chi connectivity index (χ1n) is 7.58. The van der Waals surface area contributed by atoms with Crippen LogP contribution in [0.2, 0.25) is 0 Å². The molecule has 6 heteroatoms. The number of imide groups is 1. The number of carbonyl (C=O) groups excluding carboxylic acids is 3. The van der Waals surface area contributed by atoms with E-state index >= 15 is 0 Å². The third kappa shape index (κ3) is 3.85. The van der Waals surface area contributed by atoms with Gasteiger partial charge < -0.3 is 10.6 Å². The van der Waals surface area contributed by atoms with Gasteiger partial charge in [0.1, 0.15) is 0 Å². The molecule has 0 saturated carbocycles. The van der Waals surface area contributed by atoms with E-state index in [9.17, 15) is 14.4 Å². The monoisotopic (exact) mass is 334 g/mol. The lowest BCUT2D eigenvalue weighted by molar-refractivity contribution is -0.172. The van der Waals surface area contributed by atoms with Crippen molar-refractivity contribution in [2.75, 3.05) is 5.73 Å². The summed E-state index contributed by atoms with van der Waals surface area (Å²) in [5.74, 6) is 4.18. The van der Waals surface area contributed by atoms with Crippen LogP contribution >= 0.6 is 0 Å². The summed E-state index contributed by atoms with van der Waals surface area (Å²) in [6, 6.07) is 13.5. The maximum Gasteiger partial charge on any atom is 0.363 e. The summed E-state index contributed by atoms with van der Waals surface area (Å²) < 4.78 is 0. The molecule has 1 fully saturated rings. The van der Waals surface area contributed by atoms with Crippen molar-refractivity contribution in [2.45, 2.75) is 12.8 Å². The molecule has 0 aromatic heterocycles. The van der Waals surface area contributed by atoms with Crippen LogP contribution in [0.4, 0.5) is 5.69 Å². The fraction of sp³-hybridized carbons (Fsp3) is 0.105. The van der Waals surface area contributed by atoms with Gasteiger partial charge in [0, 0.05) is 29.7 Å². The number of nitrogen functional groups attached to an aromatic ring is 1. The van der Waals surface area contributed by atoms with Crippen molar-refractivity contribution in [2.24, 2.45) is 0 Å². The second-order valence-electron chi connectivity index (χ2n) is 5.41. The minimum Gasteiger partial charge on any atom is -0.399 e. The van der Waals surface area contributed by atoms with Gasteiger partial charge in [-0.05, 0) is 48.5 Å². The van der Waals surface area contributed by atoms with Crippen LogP contribution in [0.15, 0.2) is 48.5 Å². The van der Waals surface area contributed by atoms with Crippen molar-refractivity contribution in [3.05, 3.63) is 65.2 Å². The topological polar surface area (TPSA) is 89.7 Å². The van der Waals surface area contributed by atoms with Crippen LogP contribution in [0.25, 0.3) is 0 Å². The number of carbonyl (C=O) groups is 3. The number of rotatable bonds is 2. The lowest BCUT2D eigenvalue weighted by Crippen LogP contribution is -2.32. The number of nitrogens with two attached hydrogens (primary N) is 1. The molecule has 0 spiro atoms. The molecular weight excluding hydrogens is 320 g/mol. The first-order chi connectivity index (χ1) is 12.0. The average molecular weight is 334 g/mol. The molecule has 0 atom stereocenters. The van der Waals surface area contributed by atoms with Gasteiger partial charge in [-0.1, -0.05) is 11.8 Å². The Hall–Kier alpha value is -3.59. The van der Waals surface area contributed by atoms with E-state index in [1.165, 1.54) is 12.1 Å². The lowest BCUT2D eigenvalue weighted by atomic mass is 10.1. The highest BCUT2D eigenvalue weighted by atomic mass is 16.7. The van der Waals surface area contributed by atoms with Gasteiger partial charge in [-0.15, -0.1) is 5.06 Å². The molecule has 124 valence electrons. The first kappa shape index (κ1) is 16.3. The van der Waals surface area contributed by atoms with Crippen LogP contribution in [0, 0.1) is 11.8 Å². The van der Waals surface area contributed by atoms with Crippen molar-refractivity contribution in [3.8, 4) is 11.8 Å². The summed E-state index contributed by atoms with van der Waals surface area (Å²) >= 11 is 0. The van der Waals surface area contributed by atoms with E-state index in [1.807, 2.05) is 12.1 Å². The highest BCUT2D eigenvalue weighted by Crippen LogP contribution is 2.14. The molecule has 0 bridgehead atoms. The molecule has 2 aromatic rings. The number of anilines is 1. The Bertz CT molecular complexity index is 874. The van der Waals surface area contributed by atoms with Crippen LogP contribution in [0.3, 0.4) is 0 Å². The van der Waals surface area contributed by atoms with Crippen LogP contribution in [-0.4, -0.2) is 22.8 Å². The van der Waals surface area contributed by atoms with E-state index in [0.29, 0.717) is 16.3 Å². The maximum absolute atomic E-state index is 12.0. The minimum absolute atomic E-state index is 0.0613. The average Bonchev–Trinajstić information content (AvgIpc) is 2.93. The van der Waals surface area contributed by atoms with E-state index in [2.05, 4.69) is 11.8 Å². The second-order valence-corrected chi connectivity index (χ2v) is 5.41. The minimum atomic E-state index is -0.762. The Kier molecular flexibility index (Phi) is 4.48. The molecule has 0 radical (unpaired) electrons. The molecule has 2 N–H and O–H groups in total. The van der Waals surface area contributed by atoms with E-state index in [1.54, 1.807) is 24.3 Å². The van der Waals surface area contributed by atoms with Crippen molar-refractivity contribution in [1.82, 2.24) is 5.06 Å². The normalized spacial score (nSPS) is 13.4. The predicted octanol–water partition coefficient (Wildman–Crippen LogP) is 1.89. The van der Waals surface area contributed by atoms with Crippen LogP contribution in [0.5, 0.6) is 0 Å². The molecule has 0 aliphatic carbocycles. The number of nitrogens with zero attached hydrogens (tertiary/aromatic N) is 1. The Labute approximate surface area is 144 Å². The number of hydrogen-bond acceptors (Lipinski definition) is 5. The summed E-state index contributed by atoms with van der Waals surface area (Å²) in [5, 5.41) is 0.525. The van der Waals surface area contributed by atoms with Crippen molar-refractivity contribution >= 4 is 23.5 Å². The summed E-state index contributed by atoms with van der Waals surface area (Å²) in [6.45, 7) is 0. The summed E-state index contributed by atoms with van der Waals surface area (Å²) in [5.41, 5.74) is 8.05. The molecule has 3 rings (SSSR count). The molecule has 1 heterocycles. The highest BCUT2D eigenvalue weighted by Gasteiger charge is 2.33. The molecule has 1 saturated heterocycles. The van der Waals surface area contributed by atoms with E-state index in [0.717, 1.165) is 5.56 Å². The largest absolute Gasteiger partial charge is 0.399 e. The summed E-state index contributed by atoms with van der Waals surface area (Å²) in [4.78, 5) is 39.7. The Morgan fingerprint density at radius 2 is 1.36 bits per heavy atom. The van der Waals surface area contributed by atoms with Crippen LogP contribution < -0.4 is 5.73 Å². The Balaban J connectivity index is 1.68. The quantitative estimate of drug-likeness (QED) is 0.514. The number of hydrogen-bond donors (Lipinski definition) is 1. The lowest BCUT2D eigenvalue weighted by Gasteiger charge is -2.12. The van der Waals surface area contributed by atoms with Crippen LogP contribution in [-0.2, 0) is 14.4 Å². The smallest absolute Gasteiger partial charge is 0.363 e. The highest BCUT2D eigenvalue weighted by molar-refractivity contribution is 6.02. The van der Waals surface area contributed by atoms with E-state index in [-0.39, 0.29) is 18.4 Å². The molecule has 25 heavy (non-hydrogen) atoms. The Morgan fingerprint density at radius 3 is 1.88 bits per heavy atom. The van der Waals surface area contributed by atoms with Gasteiger partial charge in [0.05, 0.1) is 5.56 Å². The van der Waals surface area contributed by atoms with Gasteiger partial charge >= 0.3 is 5.97 Å². The van der Waals surface area contributed by atoms with E-state index < -0.39 is 17.8 Å². The zero-order valence-electron chi connectivity index (χ0n) is 13.2. The molecule has 1 aliphatic heterocycles. The summed E-state index contributed by atoms with van der Waals surface area (Å²) in [6.07, 6.45) is 0.123. The zero-order valence-corrected chi connectivity index (χ0v) is 13.2. The van der Waals surface area contributed by atoms with Gasteiger partial charge in [-0.3, -0.25) is 9.59 Å². The van der Waals surface area contributed by atoms with Crippen molar-refractivity contribution in [1.29, 1.82) is 0 Å². The third-order valence-electron chi connectivity index (χ3n) is 3.56. The fourth-order valence-electron chi connectivity index (χ4n) is 2.19. The van der Waals surface area contributed by atoms with Gasteiger partial charge in [-0.25, -0.2) is 4.79 Å². The van der Waals surface area contributed by atoms with Gasteiger partial charge in [0.15, 0.2) is 0 Å². The predicted molar refractivity (Wildman–Crippen MR) is 89.8 cm³/mol. The number of benzene rings is 2. The standard InChI is InChI=1S/C19H14N2O4/c20-16-9-5-14(6-10-16)2-1-13-3-7-15(8-4-13)19(24)25-21-17(22)11-12-18(21)23/h3-10H,11-12,20H2. The molecular formula is C19H14N2O4. The SMILES string of the molecule is Nc1ccc(C#Cc2ccc(C(=O)ON3C(=O)CCC3=O)cc2)cc1. The number of hydroxylamine groups is 2. The molecule has 0 unspecified atom stereocenters. The van der Waals surface area contributed by atoms with Gasteiger partial charge in [-0.2, -0.15) is 0 Å². The van der Waals surface area contributed by atoms with E-state index in [4.69, 9.17) is 10.6 Å². The third-order valence-corrected chi connectivity index (χ3v) is 3.56. The van der Waals surface area contributed by atoms with Gasteiger partial charge in [0.2, 0.25) is 0 Å². The molecule has 2 amide bonds. The molecule has 6 nitrogen and oxygen atoms in total. The van der Waals surface area contributed by atoms with Crippen molar-refractivity contribution in [3.63, 3.8) is 0 Å². The van der Waals surface area contributed by atoms with Crippen molar-refractivity contribution < 1.29 is 19.2 Å². The summed E-state index contributed by atoms with van der Waals surface area (Å²) in [7, 11) is 0. The van der Waals surface area contributed by atoms with Gasteiger partial charge in [0.25, 0.3) is 11.8 Å². The Morgan fingerprint density at radius 1 is 0.880 bits per heavy atom. The maximum atomic E-state index is 12.0. The zero-order chi connectivity index (χ0) is 17.8. The van der Waals surface area contributed by atoms with Crippen LogP contribution in [0.1, 0.15) is 34.3 Å². The second kappa shape index (κ2) is 6.89. The number of amides is 2. The molecule has 2 aromatic carbocycles.